The Morgan fingerprint density at radius 2 is 2.16 bits per heavy atom. The van der Waals surface area contributed by atoms with Crippen molar-refractivity contribution in [3.63, 3.8) is 0 Å². The summed E-state index contributed by atoms with van der Waals surface area (Å²) in [5.41, 5.74) is 2.02. The molecule has 0 saturated carbocycles. The number of azo groups is 1. The van der Waals surface area contributed by atoms with Gasteiger partial charge in [-0.1, -0.05) is 6.92 Å². The van der Waals surface area contributed by atoms with Gasteiger partial charge in [-0.05, 0) is 24.6 Å². The summed E-state index contributed by atoms with van der Waals surface area (Å²) in [4.78, 5) is 22.9. The predicted molar refractivity (Wildman–Crippen MR) is 66.2 cm³/mol. The Kier molecular flexibility index (Phi) is 4.22. The van der Waals surface area contributed by atoms with Crippen molar-refractivity contribution < 1.29 is 19.1 Å². The minimum atomic E-state index is -0.553. The summed E-state index contributed by atoms with van der Waals surface area (Å²) >= 11 is 0. The second-order valence-electron chi connectivity index (χ2n) is 4.04. The van der Waals surface area contributed by atoms with E-state index in [2.05, 4.69) is 10.2 Å². The van der Waals surface area contributed by atoms with Crippen LogP contribution in [0.5, 0.6) is 0 Å². The molecule has 0 N–H and O–H groups in total. The molecule has 2 rings (SSSR count). The maximum atomic E-state index is 11.7. The van der Waals surface area contributed by atoms with Crippen LogP contribution in [0.1, 0.15) is 29.3 Å². The van der Waals surface area contributed by atoms with Crippen molar-refractivity contribution in [2.45, 2.75) is 19.9 Å². The first-order valence-electron chi connectivity index (χ1n) is 6.04. The number of hydrogen-bond acceptors (Lipinski definition) is 6. The van der Waals surface area contributed by atoms with Crippen molar-refractivity contribution in [3.8, 4) is 0 Å². The topological polar surface area (TPSA) is 77.3 Å². The van der Waals surface area contributed by atoms with E-state index in [0.717, 1.165) is 17.7 Å². The van der Waals surface area contributed by atoms with Crippen LogP contribution in [0.3, 0.4) is 0 Å². The molecule has 0 aliphatic carbocycles. The summed E-state index contributed by atoms with van der Waals surface area (Å²) in [6.07, 6.45) is 0.734. The lowest BCUT2D eigenvalue weighted by Gasteiger charge is -2.06. The Morgan fingerprint density at radius 3 is 2.95 bits per heavy atom. The lowest BCUT2D eigenvalue weighted by atomic mass is 10.1. The second kappa shape index (κ2) is 6.08. The number of nitrogens with zero attached hydrogens (tertiary/aromatic N) is 2. The van der Waals surface area contributed by atoms with E-state index in [9.17, 15) is 9.59 Å². The fourth-order valence-corrected chi connectivity index (χ4v) is 1.59. The van der Waals surface area contributed by atoms with Gasteiger partial charge in [-0.3, -0.25) is 0 Å². The summed E-state index contributed by atoms with van der Waals surface area (Å²) in [7, 11) is 0. The highest BCUT2D eigenvalue weighted by Gasteiger charge is 2.14. The number of carbonyl (C=O) groups excluding carboxylic acids is 2. The SMILES string of the molecule is CCCOC(=O)COC(=O)c1ccc2c(c1)CN=N2. The van der Waals surface area contributed by atoms with Crippen LogP contribution in [0, 0.1) is 0 Å². The third-order valence-electron chi connectivity index (χ3n) is 2.52. The number of fused-ring (bicyclic) bond motifs is 1. The summed E-state index contributed by atoms with van der Waals surface area (Å²) in [5, 5.41) is 7.76. The maximum absolute atomic E-state index is 11.7. The molecule has 1 aromatic rings. The molecule has 1 aliphatic heterocycles. The van der Waals surface area contributed by atoms with Crippen molar-refractivity contribution in [1.82, 2.24) is 0 Å². The molecule has 0 radical (unpaired) electrons. The van der Waals surface area contributed by atoms with E-state index in [1.54, 1.807) is 18.2 Å². The van der Waals surface area contributed by atoms with E-state index in [0.29, 0.717) is 18.7 Å². The standard InChI is InChI=1S/C13H14N2O4/c1-2-5-18-12(16)8-19-13(17)9-3-4-11-10(6-9)7-14-15-11/h3-4,6H,2,5,7-8H2,1H3. The van der Waals surface area contributed by atoms with Gasteiger partial charge in [-0.15, -0.1) is 0 Å². The number of hydrogen-bond donors (Lipinski definition) is 0. The lowest BCUT2D eigenvalue weighted by Crippen LogP contribution is -2.17. The van der Waals surface area contributed by atoms with Crippen molar-refractivity contribution in [3.05, 3.63) is 29.3 Å². The quantitative estimate of drug-likeness (QED) is 0.763. The highest BCUT2D eigenvalue weighted by Crippen LogP contribution is 2.27. The Morgan fingerprint density at radius 1 is 1.32 bits per heavy atom. The summed E-state index contributed by atoms with van der Waals surface area (Å²) in [6, 6.07) is 4.98. The number of carbonyl (C=O) groups is 2. The Bertz CT molecular complexity index is 525. The molecule has 1 aliphatic rings. The average molecular weight is 262 g/mol. The summed E-state index contributed by atoms with van der Waals surface area (Å²) in [5.74, 6) is -1.09. The van der Waals surface area contributed by atoms with E-state index < -0.39 is 11.9 Å². The van der Waals surface area contributed by atoms with Crippen LogP contribution in [0.4, 0.5) is 5.69 Å². The van der Waals surface area contributed by atoms with E-state index in [4.69, 9.17) is 9.47 Å². The van der Waals surface area contributed by atoms with Crippen molar-refractivity contribution in [2.75, 3.05) is 13.2 Å². The van der Waals surface area contributed by atoms with Gasteiger partial charge in [0.2, 0.25) is 0 Å². The number of esters is 2. The molecule has 0 aromatic heterocycles. The first-order chi connectivity index (χ1) is 9.20. The molecular weight excluding hydrogens is 248 g/mol. The smallest absolute Gasteiger partial charge is 0.344 e. The minimum Gasteiger partial charge on any atom is -0.463 e. The molecule has 6 nitrogen and oxygen atoms in total. The van der Waals surface area contributed by atoms with Crippen LogP contribution in [0.2, 0.25) is 0 Å². The maximum Gasteiger partial charge on any atom is 0.344 e. The fourth-order valence-electron chi connectivity index (χ4n) is 1.59. The average Bonchev–Trinajstić information content (AvgIpc) is 2.89. The molecule has 1 heterocycles. The zero-order valence-corrected chi connectivity index (χ0v) is 10.6. The zero-order valence-electron chi connectivity index (χ0n) is 10.6. The van der Waals surface area contributed by atoms with E-state index in [-0.39, 0.29) is 6.61 Å². The molecule has 1 aromatic carbocycles. The van der Waals surface area contributed by atoms with Crippen molar-refractivity contribution >= 4 is 17.6 Å². The first kappa shape index (κ1) is 13.2. The Balaban J connectivity index is 1.88. The molecule has 6 heteroatoms. The molecule has 0 amide bonds. The van der Waals surface area contributed by atoms with Gasteiger partial charge in [0.25, 0.3) is 0 Å². The Hall–Kier alpha value is -2.24. The van der Waals surface area contributed by atoms with Crippen LogP contribution in [-0.2, 0) is 20.8 Å². The number of benzene rings is 1. The molecule has 0 atom stereocenters. The van der Waals surface area contributed by atoms with E-state index in [1.807, 2.05) is 6.92 Å². The largest absolute Gasteiger partial charge is 0.463 e. The second-order valence-corrected chi connectivity index (χ2v) is 4.04. The van der Waals surface area contributed by atoms with Crippen LogP contribution >= 0.6 is 0 Å². The third kappa shape index (κ3) is 3.37. The monoisotopic (exact) mass is 262 g/mol. The normalized spacial score (nSPS) is 12.1. The minimum absolute atomic E-state index is 0.332. The van der Waals surface area contributed by atoms with Gasteiger partial charge in [-0.25, -0.2) is 9.59 Å². The van der Waals surface area contributed by atoms with Crippen LogP contribution in [0.15, 0.2) is 28.4 Å². The Labute approximate surface area is 110 Å². The van der Waals surface area contributed by atoms with Gasteiger partial charge in [0.05, 0.1) is 24.4 Å². The molecule has 0 saturated heterocycles. The van der Waals surface area contributed by atoms with Crippen molar-refractivity contribution in [2.24, 2.45) is 10.2 Å². The van der Waals surface area contributed by atoms with Gasteiger partial charge < -0.3 is 9.47 Å². The van der Waals surface area contributed by atoms with Crippen LogP contribution in [0.25, 0.3) is 0 Å². The highest BCUT2D eigenvalue weighted by atomic mass is 16.6. The predicted octanol–water partition coefficient (Wildman–Crippen LogP) is 2.39. The molecular formula is C13H14N2O4. The highest BCUT2D eigenvalue weighted by molar-refractivity contribution is 5.91. The molecule has 0 spiro atoms. The molecule has 0 bridgehead atoms. The summed E-state index contributed by atoms with van der Waals surface area (Å²) < 4.78 is 9.68. The zero-order chi connectivity index (χ0) is 13.7. The third-order valence-corrected chi connectivity index (χ3v) is 2.52. The van der Waals surface area contributed by atoms with Crippen LogP contribution < -0.4 is 0 Å². The molecule has 100 valence electrons. The molecule has 0 unspecified atom stereocenters. The van der Waals surface area contributed by atoms with Gasteiger partial charge in [0, 0.05) is 5.56 Å². The fraction of sp³-hybridized carbons (Fsp3) is 0.385. The van der Waals surface area contributed by atoms with Gasteiger partial charge >= 0.3 is 11.9 Å². The molecule has 0 fully saturated rings. The lowest BCUT2D eigenvalue weighted by molar-refractivity contribution is -0.147. The van der Waals surface area contributed by atoms with Crippen molar-refractivity contribution in [1.29, 1.82) is 0 Å². The first-order valence-corrected chi connectivity index (χ1v) is 6.04. The van der Waals surface area contributed by atoms with E-state index >= 15 is 0 Å². The van der Waals surface area contributed by atoms with Gasteiger partial charge in [0.1, 0.15) is 0 Å². The number of ether oxygens (including phenoxy) is 2. The number of rotatable bonds is 5. The van der Waals surface area contributed by atoms with Crippen LogP contribution in [-0.4, -0.2) is 25.2 Å². The molecule has 19 heavy (non-hydrogen) atoms. The van der Waals surface area contributed by atoms with E-state index in [1.165, 1.54) is 0 Å². The van der Waals surface area contributed by atoms with Gasteiger partial charge in [0.15, 0.2) is 6.61 Å². The van der Waals surface area contributed by atoms with Gasteiger partial charge in [-0.2, -0.15) is 10.2 Å². The summed E-state index contributed by atoms with van der Waals surface area (Å²) in [6.45, 7) is 2.32.